The number of sulfone groups is 1. The molecule has 21 heavy (non-hydrogen) atoms. The molecule has 1 fully saturated rings. The van der Waals surface area contributed by atoms with E-state index < -0.39 is 9.84 Å². The first kappa shape index (κ1) is 16.5. The highest BCUT2D eigenvalue weighted by atomic mass is 32.2. The Labute approximate surface area is 127 Å². The Hall–Kier alpha value is -0.910. The van der Waals surface area contributed by atoms with E-state index in [9.17, 15) is 8.42 Å². The molecule has 0 saturated carbocycles. The standard InChI is InChI=1S/C16H25NO3S/c1-17-16(15-5-3-4-12-21(15,18)19)14-8-6-13(7-9-14)10-11-20-2/h6-9,15-17H,3-5,10-12H2,1-2H3. The minimum Gasteiger partial charge on any atom is -0.384 e. The number of benzene rings is 1. The third kappa shape index (κ3) is 4.05. The number of rotatable bonds is 6. The zero-order chi connectivity index (χ0) is 15.3. The maximum atomic E-state index is 12.3. The first-order chi connectivity index (χ1) is 10.1. The van der Waals surface area contributed by atoms with Gasteiger partial charge in [0.15, 0.2) is 9.84 Å². The maximum Gasteiger partial charge on any atom is 0.155 e. The van der Waals surface area contributed by atoms with Gasteiger partial charge in [0.2, 0.25) is 0 Å². The number of hydrogen-bond donors (Lipinski definition) is 1. The van der Waals surface area contributed by atoms with Crippen LogP contribution >= 0.6 is 0 Å². The summed E-state index contributed by atoms with van der Waals surface area (Å²) in [6.07, 6.45) is 3.42. The van der Waals surface area contributed by atoms with E-state index in [4.69, 9.17) is 4.74 Å². The molecule has 0 bridgehead atoms. The lowest BCUT2D eigenvalue weighted by Crippen LogP contribution is -2.39. The molecule has 5 heteroatoms. The van der Waals surface area contributed by atoms with E-state index in [1.165, 1.54) is 5.56 Å². The molecule has 0 aromatic heterocycles. The van der Waals surface area contributed by atoms with Crippen molar-refractivity contribution in [2.75, 3.05) is 26.5 Å². The number of nitrogens with one attached hydrogen (secondary N) is 1. The number of ether oxygens (including phenoxy) is 1. The normalized spacial score (nSPS) is 22.9. The van der Waals surface area contributed by atoms with Crippen LogP contribution in [0.1, 0.15) is 36.4 Å². The van der Waals surface area contributed by atoms with Crippen LogP contribution in [-0.2, 0) is 21.0 Å². The van der Waals surface area contributed by atoms with E-state index in [0.717, 1.165) is 31.2 Å². The molecule has 118 valence electrons. The molecule has 1 N–H and O–H groups in total. The largest absolute Gasteiger partial charge is 0.384 e. The second-order valence-corrected chi connectivity index (χ2v) is 7.99. The summed E-state index contributed by atoms with van der Waals surface area (Å²) in [7, 11) is 0.545. The Morgan fingerprint density at radius 3 is 2.57 bits per heavy atom. The van der Waals surface area contributed by atoms with Crippen LogP contribution in [0, 0.1) is 0 Å². The van der Waals surface area contributed by atoms with Gasteiger partial charge in [0.1, 0.15) is 0 Å². The summed E-state index contributed by atoms with van der Waals surface area (Å²) >= 11 is 0. The van der Waals surface area contributed by atoms with Crippen molar-refractivity contribution in [3.05, 3.63) is 35.4 Å². The predicted molar refractivity (Wildman–Crippen MR) is 85.2 cm³/mol. The summed E-state index contributed by atoms with van der Waals surface area (Å²) in [5.74, 6) is 0.321. The topological polar surface area (TPSA) is 55.4 Å². The van der Waals surface area contributed by atoms with Crippen LogP contribution in [-0.4, -0.2) is 40.2 Å². The van der Waals surface area contributed by atoms with Crippen LogP contribution in [0.2, 0.25) is 0 Å². The van der Waals surface area contributed by atoms with Gasteiger partial charge in [-0.1, -0.05) is 30.7 Å². The summed E-state index contributed by atoms with van der Waals surface area (Å²) in [5.41, 5.74) is 2.26. The van der Waals surface area contributed by atoms with Gasteiger partial charge < -0.3 is 10.1 Å². The van der Waals surface area contributed by atoms with E-state index >= 15 is 0 Å². The van der Waals surface area contributed by atoms with Crippen LogP contribution in [0.15, 0.2) is 24.3 Å². The molecule has 1 aromatic carbocycles. The van der Waals surface area contributed by atoms with Gasteiger partial charge in [-0.2, -0.15) is 0 Å². The minimum absolute atomic E-state index is 0.119. The van der Waals surface area contributed by atoms with Crippen molar-refractivity contribution in [3.8, 4) is 0 Å². The van der Waals surface area contributed by atoms with Crippen LogP contribution in [0.3, 0.4) is 0 Å². The van der Waals surface area contributed by atoms with Gasteiger partial charge in [0.05, 0.1) is 17.6 Å². The van der Waals surface area contributed by atoms with Crippen molar-refractivity contribution in [1.29, 1.82) is 0 Å². The number of hydrogen-bond acceptors (Lipinski definition) is 4. The van der Waals surface area contributed by atoms with Crippen molar-refractivity contribution in [2.24, 2.45) is 0 Å². The van der Waals surface area contributed by atoms with Crippen LogP contribution < -0.4 is 5.32 Å². The molecular weight excluding hydrogens is 286 g/mol. The molecule has 1 aliphatic rings. The SMILES string of the molecule is CNC(c1ccc(CCOC)cc1)C1CCCCS1(=O)=O. The van der Waals surface area contributed by atoms with Gasteiger partial charge in [-0.15, -0.1) is 0 Å². The lowest BCUT2D eigenvalue weighted by atomic mass is 9.98. The first-order valence-electron chi connectivity index (χ1n) is 7.55. The van der Waals surface area contributed by atoms with E-state index in [2.05, 4.69) is 17.4 Å². The van der Waals surface area contributed by atoms with Crippen molar-refractivity contribution in [3.63, 3.8) is 0 Å². The quantitative estimate of drug-likeness (QED) is 0.874. The molecule has 0 spiro atoms. The Morgan fingerprint density at radius 1 is 1.29 bits per heavy atom. The fourth-order valence-corrected chi connectivity index (χ4v) is 5.18. The highest BCUT2D eigenvalue weighted by Gasteiger charge is 2.35. The fraction of sp³-hybridized carbons (Fsp3) is 0.625. The molecule has 2 unspecified atom stereocenters. The predicted octanol–water partition coefficient (Wildman–Crippen LogP) is 2.10. The summed E-state index contributed by atoms with van der Waals surface area (Å²) in [4.78, 5) is 0. The van der Waals surface area contributed by atoms with Gasteiger partial charge in [-0.25, -0.2) is 8.42 Å². The van der Waals surface area contributed by atoms with Crippen molar-refractivity contribution in [2.45, 2.75) is 37.0 Å². The Bertz CT molecular complexity index is 539. The van der Waals surface area contributed by atoms with Crippen molar-refractivity contribution >= 4 is 9.84 Å². The molecule has 1 aromatic rings. The van der Waals surface area contributed by atoms with Gasteiger partial charge in [0.25, 0.3) is 0 Å². The average Bonchev–Trinajstić information content (AvgIpc) is 2.48. The van der Waals surface area contributed by atoms with Gasteiger partial charge in [-0.05, 0) is 37.4 Å². The summed E-state index contributed by atoms with van der Waals surface area (Å²) in [6, 6.07) is 8.08. The molecule has 0 amide bonds. The zero-order valence-corrected chi connectivity index (χ0v) is 13.7. The van der Waals surface area contributed by atoms with Crippen LogP contribution in [0.4, 0.5) is 0 Å². The third-order valence-electron chi connectivity index (χ3n) is 4.25. The average molecular weight is 311 g/mol. The molecule has 0 radical (unpaired) electrons. The molecule has 1 heterocycles. The van der Waals surface area contributed by atoms with E-state index in [0.29, 0.717) is 12.4 Å². The second kappa shape index (κ2) is 7.38. The molecular formula is C16H25NO3S. The highest BCUT2D eigenvalue weighted by Crippen LogP contribution is 2.30. The molecule has 2 atom stereocenters. The van der Waals surface area contributed by atoms with Gasteiger partial charge in [0, 0.05) is 13.2 Å². The van der Waals surface area contributed by atoms with Gasteiger partial charge in [-0.3, -0.25) is 0 Å². The van der Waals surface area contributed by atoms with E-state index in [-0.39, 0.29) is 11.3 Å². The van der Waals surface area contributed by atoms with Crippen molar-refractivity contribution < 1.29 is 13.2 Å². The molecule has 1 saturated heterocycles. The van der Waals surface area contributed by atoms with Crippen molar-refractivity contribution in [1.82, 2.24) is 5.32 Å². The molecule has 4 nitrogen and oxygen atoms in total. The highest BCUT2D eigenvalue weighted by molar-refractivity contribution is 7.92. The summed E-state index contributed by atoms with van der Waals surface area (Å²) in [6.45, 7) is 0.700. The third-order valence-corrected chi connectivity index (χ3v) is 6.53. The van der Waals surface area contributed by atoms with Gasteiger partial charge >= 0.3 is 0 Å². The Balaban J connectivity index is 2.17. The number of methoxy groups -OCH3 is 1. The Kier molecular flexibility index (Phi) is 5.79. The fourth-order valence-electron chi connectivity index (χ4n) is 3.03. The molecule has 1 aliphatic heterocycles. The summed E-state index contributed by atoms with van der Waals surface area (Å²) < 4.78 is 29.7. The van der Waals surface area contributed by atoms with E-state index in [1.54, 1.807) is 7.11 Å². The van der Waals surface area contributed by atoms with Crippen LogP contribution in [0.5, 0.6) is 0 Å². The van der Waals surface area contributed by atoms with Crippen LogP contribution in [0.25, 0.3) is 0 Å². The first-order valence-corrected chi connectivity index (χ1v) is 9.26. The monoisotopic (exact) mass is 311 g/mol. The molecule has 2 rings (SSSR count). The Morgan fingerprint density at radius 2 is 2.00 bits per heavy atom. The minimum atomic E-state index is -2.99. The zero-order valence-electron chi connectivity index (χ0n) is 12.8. The van der Waals surface area contributed by atoms with E-state index in [1.807, 2.05) is 19.2 Å². The lowest BCUT2D eigenvalue weighted by molar-refractivity contribution is 0.202. The second-order valence-electron chi connectivity index (χ2n) is 5.65. The smallest absolute Gasteiger partial charge is 0.155 e. The summed E-state index contributed by atoms with van der Waals surface area (Å²) in [5, 5.41) is 2.90. The lowest BCUT2D eigenvalue weighted by Gasteiger charge is -2.30. The molecule has 0 aliphatic carbocycles. The maximum absolute atomic E-state index is 12.3.